The summed E-state index contributed by atoms with van der Waals surface area (Å²) in [6, 6.07) is 15.5. The average Bonchev–Trinajstić information content (AvgIpc) is 3.17. The molecule has 1 fully saturated rings. The zero-order valence-electron chi connectivity index (χ0n) is 20.2. The monoisotopic (exact) mass is 631 g/mol. The summed E-state index contributed by atoms with van der Waals surface area (Å²) < 4.78 is 11.7. The Bertz CT molecular complexity index is 1500. The number of amides is 3. The number of carbonyl (C=O) groups excluding carboxylic acids is 3. The molecule has 10 nitrogen and oxygen atoms in total. The Labute approximate surface area is 240 Å². The number of halogens is 2. The molecule has 1 heterocycles. The molecule has 0 saturated carbocycles. The van der Waals surface area contributed by atoms with Gasteiger partial charge in [-0.05, 0) is 75.2 Å². The van der Waals surface area contributed by atoms with Crippen molar-refractivity contribution in [2.24, 2.45) is 0 Å². The van der Waals surface area contributed by atoms with Crippen LogP contribution in [0.1, 0.15) is 11.1 Å². The van der Waals surface area contributed by atoms with E-state index < -0.39 is 22.0 Å². The Morgan fingerprint density at radius 3 is 2.54 bits per heavy atom. The molecule has 1 aliphatic rings. The highest BCUT2D eigenvalue weighted by Gasteiger charge is 2.35. The Kier molecular flexibility index (Phi) is 8.90. The molecule has 200 valence electrons. The Hall–Kier alpha value is -3.87. The third-order valence-corrected chi connectivity index (χ3v) is 7.55. The molecule has 0 aliphatic carbocycles. The molecule has 3 aromatic rings. The molecule has 0 atom stereocenters. The van der Waals surface area contributed by atoms with E-state index in [-0.39, 0.29) is 23.7 Å². The second-order valence-corrected chi connectivity index (χ2v) is 10.3. The number of anilines is 1. The molecule has 1 saturated heterocycles. The Morgan fingerprint density at radius 2 is 1.87 bits per heavy atom. The molecule has 0 unspecified atom stereocenters. The first-order chi connectivity index (χ1) is 18.6. The van der Waals surface area contributed by atoms with Gasteiger partial charge in [0.25, 0.3) is 22.7 Å². The number of nitrogens with zero attached hydrogens (tertiary/aromatic N) is 2. The lowest BCUT2D eigenvalue weighted by Crippen LogP contribution is -2.27. The van der Waals surface area contributed by atoms with Gasteiger partial charge in [0.2, 0.25) is 0 Å². The molecular weight excluding hydrogens is 614 g/mol. The molecule has 4 rings (SSSR count). The highest BCUT2D eigenvalue weighted by molar-refractivity contribution is 9.10. The number of hydrogen-bond acceptors (Lipinski definition) is 8. The van der Waals surface area contributed by atoms with Crippen LogP contribution in [-0.4, -0.2) is 40.6 Å². The van der Waals surface area contributed by atoms with Crippen LogP contribution in [0.25, 0.3) is 6.08 Å². The molecule has 1 N–H and O–H groups in total. The number of ether oxygens (including phenoxy) is 2. The number of benzene rings is 3. The fourth-order valence-electron chi connectivity index (χ4n) is 3.50. The van der Waals surface area contributed by atoms with Crippen LogP contribution in [0.15, 0.2) is 70.0 Å². The van der Waals surface area contributed by atoms with Crippen LogP contribution in [0.5, 0.6) is 11.5 Å². The number of non-ortho nitro benzene ring substituents is 1. The maximum atomic E-state index is 12.9. The highest BCUT2D eigenvalue weighted by atomic mass is 79.9. The van der Waals surface area contributed by atoms with Gasteiger partial charge < -0.3 is 14.8 Å². The Balaban J connectivity index is 1.40. The van der Waals surface area contributed by atoms with Crippen LogP contribution < -0.4 is 14.8 Å². The predicted molar refractivity (Wildman–Crippen MR) is 151 cm³/mol. The second-order valence-electron chi connectivity index (χ2n) is 8.07. The van der Waals surface area contributed by atoms with Crippen LogP contribution in [-0.2, 0) is 16.1 Å². The van der Waals surface area contributed by atoms with Gasteiger partial charge in [0.15, 0.2) is 18.1 Å². The molecule has 0 bridgehead atoms. The minimum atomic E-state index is -0.521. The summed E-state index contributed by atoms with van der Waals surface area (Å²) in [4.78, 5) is 49.3. The number of nitro benzene ring substituents is 1. The highest BCUT2D eigenvalue weighted by Crippen LogP contribution is 2.35. The number of nitrogens with one attached hydrogen (secondary N) is 1. The third-order valence-electron chi connectivity index (χ3n) is 5.41. The molecule has 1 aliphatic heterocycles. The summed E-state index contributed by atoms with van der Waals surface area (Å²) in [5.41, 5.74) is 1.60. The molecule has 3 aromatic carbocycles. The van der Waals surface area contributed by atoms with Crippen molar-refractivity contribution in [1.82, 2.24) is 4.90 Å². The van der Waals surface area contributed by atoms with Gasteiger partial charge in [-0.2, -0.15) is 0 Å². The lowest BCUT2D eigenvalue weighted by molar-refractivity contribution is -0.384. The first kappa shape index (κ1) is 28.1. The zero-order chi connectivity index (χ0) is 28.1. The number of methoxy groups -OCH3 is 1. The van der Waals surface area contributed by atoms with E-state index in [1.165, 1.54) is 31.4 Å². The number of nitro groups is 1. The lowest BCUT2D eigenvalue weighted by atomic mass is 10.1. The largest absolute Gasteiger partial charge is 0.493 e. The quantitative estimate of drug-likeness (QED) is 0.166. The second kappa shape index (κ2) is 12.3. The van der Waals surface area contributed by atoms with Crippen LogP contribution in [0, 0.1) is 10.1 Å². The van der Waals surface area contributed by atoms with Crippen molar-refractivity contribution in [1.29, 1.82) is 0 Å². The van der Waals surface area contributed by atoms with Gasteiger partial charge in [0.1, 0.15) is 0 Å². The maximum Gasteiger partial charge on any atom is 0.293 e. The third kappa shape index (κ3) is 6.96. The molecule has 3 amide bonds. The minimum Gasteiger partial charge on any atom is -0.493 e. The van der Waals surface area contributed by atoms with Crippen molar-refractivity contribution < 1.29 is 28.8 Å². The van der Waals surface area contributed by atoms with E-state index in [0.717, 1.165) is 16.7 Å². The van der Waals surface area contributed by atoms with Crippen molar-refractivity contribution in [3.8, 4) is 11.5 Å². The molecule has 0 aromatic heterocycles. The molecule has 0 spiro atoms. The normalized spacial score (nSPS) is 14.0. The standard InChI is InChI=1S/C26H19BrClN3O7S/c1-37-22-10-16(4-9-21(22)38-14-24(32)29-17-5-8-19(27)20(28)12-17)11-23-25(33)30(26(34)39-23)13-15-2-6-18(7-3-15)31(35)36/h2-12H,13-14H2,1H3,(H,29,32). The van der Waals surface area contributed by atoms with Gasteiger partial charge in [-0.1, -0.05) is 29.8 Å². The maximum absolute atomic E-state index is 12.9. The van der Waals surface area contributed by atoms with Crippen molar-refractivity contribution >= 4 is 73.8 Å². The summed E-state index contributed by atoms with van der Waals surface area (Å²) in [6.45, 7) is -0.296. The summed E-state index contributed by atoms with van der Waals surface area (Å²) in [6.07, 6.45) is 1.55. The van der Waals surface area contributed by atoms with Gasteiger partial charge >= 0.3 is 0 Å². The van der Waals surface area contributed by atoms with Crippen molar-refractivity contribution in [2.45, 2.75) is 6.54 Å². The number of thioether (sulfide) groups is 1. The molecule has 39 heavy (non-hydrogen) atoms. The Morgan fingerprint density at radius 1 is 1.13 bits per heavy atom. The van der Waals surface area contributed by atoms with E-state index >= 15 is 0 Å². The van der Waals surface area contributed by atoms with E-state index in [9.17, 15) is 24.5 Å². The van der Waals surface area contributed by atoms with E-state index in [1.807, 2.05) is 0 Å². The van der Waals surface area contributed by atoms with Crippen LogP contribution in [0.3, 0.4) is 0 Å². The number of imide groups is 1. The summed E-state index contributed by atoms with van der Waals surface area (Å²) >= 11 is 10.1. The number of rotatable bonds is 9. The van der Waals surface area contributed by atoms with Gasteiger partial charge in [-0.25, -0.2) is 0 Å². The van der Waals surface area contributed by atoms with E-state index in [0.29, 0.717) is 37.8 Å². The number of hydrogen-bond donors (Lipinski definition) is 1. The first-order valence-electron chi connectivity index (χ1n) is 11.2. The van der Waals surface area contributed by atoms with Gasteiger partial charge in [-0.15, -0.1) is 0 Å². The van der Waals surface area contributed by atoms with Gasteiger partial charge in [0, 0.05) is 22.3 Å². The molecule has 13 heteroatoms. The van der Waals surface area contributed by atoms with E-state index in [4.69, 9.17) is 21.1 Å². The van der Waals surface area contributed by atoms with Crippen LogP contribution in [0.2, 0.25) is 5.02 Å². The zero-order valence-corrected chi connectivity index (χ0v) is 23.3. The van der Waals surface area contributed by atoms with Gasteiger partial charge in [-0.3, -0.25) is 29.4 Å². The van der Waals surface area contributed by atoms with Crippen LogP contribution in [0.4, 0.5) is 16.2 Å². The van der Waals surface area contributed by atoms with E-state index in [1.54, 1.807) is 42.5 Å². The lowest BCUT2D eigenvalue weighted by Gasteiger charge is -2.12. The smallest absolute Gasteiger partial charge is 0.293 e. The summed E-state index contributed by atoms with van der Waals surface area (Å²) in [5.74, 6) is -0.244. The van der Waals surface area contributed by atoms with Crippen molar-refractivity contribution in [2.75, 3.05) is 19.0 Å². The molecule has 0 radical (unpaired) electrons. The average molecular weight is 633 g/mol. The SMILES string of the molecule is COc1cc(C=C2SC(=O)N(Cc3ccc([N+](=O)[O-])cc3)C2=O)ccc1OCC(=O)Nc1ccc(Br)c(Cl)c1. The summed E-state index contributed by atoms with van der Waals surface area (Å²) in [7, 11) is 1.44. The van der Waals surface area contributed by atoms with Gasteiger partial charge in [0.05, 0.1) is 28.5 Å². The topological polar surface area (TPSA) is 128 Å². The van der Waals surface area contributed by atoms with E-state index in [2.05, 4.69) is 21.2 Å². The number of carbonyl (C=O) groups is 3. The van der Waals surface area contributed by atoms with Crippen LogP contribution >= 0.6 is 39.3 Å². The first-order valence-corrected chi connectivity index (χ1v) is 13.2. The molecular formula is C26H19BrClN3O7S. The van der Waals surface area contributed by atoms with Crippen molar-refractivity contribution in [3.63, 3.8) is 0 Å². The minimum absolute atomic E-state index is 0.00930. The predicted octanol–water partition coefficient (Wildman–Crippen LogP) is 6.27. The summed E-state index contributed by atoms with van der Waals surface area (Å²) in [5, 5.41) is 13.5. The van der Waals surface area contributed by atoms with Crippen molar-refractivity contribution in [3.05, 3.63) is 96.3 Å². The fraction of sp³-hybridized carbons (Fsp3) is 0.115. The fourth-order valence-corrected chi connectivity index (χ4v) is 4.77.